The van der Waals surface area contributed by atoms with E-state index in [1.54, 1.807) is 43.5 Å². The fourth-order valence-corrected chi connectivity index (χ4v) is 3.08. The van der Waals surface area contributed by atoms with Gasteiger partial charge in [-0.1, -0.05) is 47.5 Å². The zero-order chi connectivity index (χ0) is 21.3. The lowest BCUT2D eigenvalue weighted by molar-refractivity contribution is -0.120. The second-order valence-electron chi connectivity index (χ2n) is 6.42. The zero-order valence-electron chi connectivity index (χ0n) is 16.3. The van der Waals surface area contributed by atoms with Gasteiger partial charge in [0.2, 0.25) is 5.91 Å². The van der Waals surface area contributed by atoms with Crippen molar-refractivity contribution in [2.24, 2.45) is 5.10 Å². The van der Waals surface area contributed by atoms with Crippen molar-refractivity contribution >= 4 is 35.3 Å². The Morgan fingerprint density at radius 3 is 2.50 bits per heavy atom. The lowest BCUT2D eigenvalue weighted by Gasteiger charge is -2.10. The highest BCUT2D eigenvalue weighted by atomic mass is 35.5. The molecular weight excluding hydrogens is 423 g/mol. The van der Waals surface area contributed by atoms with E-state index in [0.29, 0.717) is 28.0 Å². The Morgan fingerprint density at radius 1 is 1.00 bits per heavy atom. The summed E-state index contributed by atoms with van der Waals surface area (Å²) in [4.78, 5) is 12.1. The summed E-state index contributed by atoms with van der Waals surface area (Å²) in [5, 5.41) is 5.22. The highest BCUT2D eigenvalue weighted by Gasteiger charge is 2.06. The van der Waals surface area contributed by atoms with Crippen LogP contribution in [0.2, 0.25) is 10.0 Å². The van der Waals surface area contributed by atoms with Gasteiger partial charge >= 0.3 is 0 Å². The summed E-state index contributed by atoms with van der Waals surface area (Å²) < 4.78 is 11.0. The molecule has 0 aliphatic heterocycles. The number of rotatable bonds is 8. The lowest BCUT2D eigenvalue weighted by Crippen LogP contribution is -2.19. The molecule has 0 aliphatic carbocycles. The number of amides is 1. The zero-order valence-corrected chi connectivity index (χ0v) is 17.8. The minimum absolute atomic E-state index is 0.203. The third-order valence-corrected chi connectivity index (χ3v) is 4.64. The maximum atomic E-state index is 12.1. The predicted octanol–water partition coefficient (Wildman–Crippen LogP) is 5.27. The molecule has 0 saturated heterocycles. The van der Waals surface area contributed by atoms with Gasteiger partial charge in [0.05, 0.1) is 19.7 Å². The van der Waals surface area contributed by atoms with Gasteiger partial charge in [-0.25, -0.2) is 5.43 Å². The number of nitrogens with one attached hydrogen (secondary N) is 1. The lowest BCUT2D eigenvalue weighted by atomic mass is 10.1. The van der Waals surface area contributed by atoms with Gasteiger partial charge in [0.15, 0.2) is 0 Å². The van der Waals surface area contributed by atoms with Gasteiger partial charge < -0.3 is 9.47 Å². The van der Waals surface area contributed by atoms with Crippen LogP contribution in [-0.2, 0) is 17.8 Å². The molecule has 1 amide bonds. The molecule has 0 unspecified atom stereocenters. The summed E-state index contributed by atoms with van der Waals surface area (Å²) in [6.45, 7) is 0.340. The predicted molar refractivity (Wildman–Crippen MR) is 120 cm³/mol. The van der Waals surface area contributed by atoms with Gasteiger partial charge in [0, 0.05) is 15.6 Å². The van der Waals surface area contributed by atoms with E-state index < -0.39 is 0 Å². The van der Waals surface area contributed by atoms with Gasteiger partial charge in [-0.2, -0.15) is 5.10 Å². The van der Waals surface area contributed by atoms with Crippen LogP contribution in [0, 0.1) is 0 Å². The number of benzene rings is 3. The molecule has 0 atom stereocenters. The minimum atomic E-state index is -0.236. The SMILES string of the molecule is COc1ccc(CC(=O)N/N=C/c2cc(Cl)ccc2OCc2cccc(Cl)c2)cc1. The molecule has 3 rings (SSSR count). The molecule has 30 heavy (non-hydrogen) atoms. The van der Waals surface area contributed by atoms with Crippen molar-refractivity contribution in [1.82, 2.24) is 5.43 Å². The number of carbonyl (C=O) groups is 1. The van der Waals surface area contributed by atoms with Crippen LogP contribution in [0.15, 0.2) is 71.8 Å². The second kappa shape index (κ2) is 10.7. The Labute approximate surface area is 185 Å². The summed E-state index contributed by atoms with van der Waals surface area (Å²) in [7, 11) is 1.60. The van der Waals surface area contributed by atoms with Gasteiger partial charge in [-0.05, 0) is 53.6 Å². The molecule has 0 bridgehead atoms. The Hall–Kier alpha value is -3.02. The third kappa shape index (κ3) is 6.51. The van der Waals surface area contributed by atoms with Crippen LogP contribution < -0.4 is 14.9 Å². The van der Waals surface area contributed by atoms with Crippen molar-refractivity contribution in [3.8, 4) is 11.5 Å². The van der Waals surface area contributed by atoms with E-state index >= 15 is 0 Å². The monoisotopic (exact) mass is 442 g/mol. The summed E-state index contributed by atoms with van der Waals surface area (Å²) >= 11 is 12.1. The summed E-state index contributed by atoms with van der Waals surface area (Å²) in [5.41, 5.74) is 4.96. The number of hydrazone groups is 1. The largest absolute Gasteiger partial charge is 0.497 e. The molecule has 0 fully saturated rings. The molecule has 0 aromatic heterocycles. The Morgan fingerprint density at radius 2 is 1.77 bits per heavy atom. The topological polar surface area (TPSA) is 59.9 Å². The van der Waals surface area contributed by atoms with Crippen LogP contribution in [0.25, 0.3) is 0 Å². The minimum Gasteiger partial charge on any atom is -0.497 e. The molecule has 1 N–H and O–H groups in total. The van der Waals surface area contributed by atoms with E-state index in [1.165, 1.54) is 6.21 Å². The molecule has 7 heteroatoms. The van der Waals surface area contributed by atoms with Gasteiger partial charge in [-0.15, -0.1) is 0 Å². The number of hydrogen-bond acceptors (Lipinski definition) is 4. The smallest absolute Gasteiger partial charge is 0.244 e. The van der Waals surface area contributed by atoms with Crippen LogP contribution in [0.3, 0.4) is 0 Å². The Bertz CT molecular complexity index is 1040. The molecule has 0 spiro atoms. The molecule has 0 radical (unpaired) electrons. The molecule has 3 aromatic rings. The van der Waals surface area contributed by atoms with Gasteiger partial charge in [0.1, 0.15) is 18.1 Å². The first-order valence-corrected chi connectivity index (χ1v) is 9.91. The molecule has 0 aliphatic rings. The molecule has 5 nitrogen and oxygen atoms in total. The molecule has 0 saturated carbocycles. The number of halogens is 2. The molecule has 3 aromatic carbocycles. The summed E-state index contributed by atoms with van der Waals surface area (Å²) in [5.74, 6) is 1.09. The second-order valence-corrected chi connectivity index (χ2v) is 7.29. The first-order valence-electron chi connectivity index (χ1n) is 9.15. The van der Waals surface area contributed by atoms with Crippen LogP contribution in [0.1, 0.15) is 16.7 Å². The fraction of sp³-hybridized carbons (Fsp3) is 0.130. The standard InChI is InChI=1S/C23H20Cl2N2O3/c1-29-21-8-5-16(6-9-21)12-23(28)27-26-14-18-13-20(25)7-10-22(18)30-15-17-3-2-4-19(24)11-17/h2-11,13-14H,12,15H2,1H3,(H,27,28)/b26-14+. The average molecular weight is 443 g/mol. The van der Waals surface area contributed by atoms with E-state index in [1.807, 2.05) is 30.3 Å². The quantitative estimate of drug-likeness (QED) is 0.381. The Kier molecular flexibility index (Phi) is 7.71. The maximum Gasteiger partial charge on any atom is 0.244 e. The van der Waals surface area contributed by atoms with Crippen LogP contribution in [0.5, 0.6) is 11.5 Å². The van der Waals surface area contributed by atoms with Gasteiger partial charge in [0.25, 0.3) is 0 Å². The highest BCUT2D eigenvalue weighted by Crippen LogP contribution is 2.23. The number of hydrogen-bond donors (Lipinski definition) is 1. The fourth-order valence-electron chi connectivity index (χ4n) is 2.68. The van der Waals surface area contributed by atoms with Crippen molar-refractivity contribution in [3.63, 3.8) is 0 Å². The number of ether oxygens (including phenoxy) is 2. The van der Waals surface area contributed by atoms with E-state index in [2.05, 4.69) is 10.5 Å². The number of methoxy groups -OCH3 is 1. The average Bonchev–Trinajstić information content (AvgIpc) is 2.74. The van der Waals surface area contributed by atoms with Crippen molar-refractivity contribution in [3.05, 3.63) is 93.5 Å². The summed E-state index contributed by atoms with van der Waals surface area (Å²) in [6, 6.07) is 19.9. The van der Waals surface area contributed by atoms with Crippen LogP contribution in [0.4, 0.5) is 0 Å². The third-order valence-electron chi connectivity index (χ3n) is 4.17. The molecular formula is C23H20Cl2N2O3. The van der Waals surface area contributed by atoms with Crippen molar-refractivity contribution in [2.45, 2.75) is 13.0 Å². The first kappa shape index (κ1) is 21.7. The van der Waals surface area contributed by atoms with E-state index in [9.17, 15) is 4.79 Å². The number of nitrogens with zero attached hydrogens (tertiary/aromatic N) is 1. The normalized spacial score (nSPS) is 10.8. The van der Waals surface area contributed by atoms with Gasteiger partial charge in [-0.3, -0.25) is 4.79 Å². The van der Waals surface area contributed by atoms with E-state index in [4.69, 9.17) is 32.7 Å². The molecule has 154 valence electrons. The van der Waals surface area contributed by atoms with Crippen molar-refractivity contribution < 1.29 is 14.3 Å². The van der Waals surface area contributed by atoms with E-state index in [-0.39, 0.29) is 12.3 Å². The molecule has 0 heterocycles. The van der Waals surface area contributed by atoms with Crippen LogP contribution in [-0.4, -0.2) is 19.2 Å². The Balaban J connectivity index is 1.61. The summed E-state index contributed by atoms with van der Waals surface area (Å²) in [6.07, 6.45) is 1.71. The number of carbonyl (C=O) groups excluding carboxylic acids is 1. The van der Waals surface area contributed by atoms with E-state index in [0.717, 1.165) is 16.9 Å². The highest BCUT2D eigenvalue weighted by molar-refractivity contribution is 6.31. The first-order chi connectivity index (χ1) is 14.5. The van der Waals surface area contributed by atoms with Crippen molar-refractivity contribution in [2.75, 3.05) is 7.11 Å². The maximum absolute atomic E-state index is 12.1. The van der Waals surface area contributed by atoms with Crippen LogP contribution >= 0.6 is 23.2 Å². The van der Waals surface area contributed by atoms with Crippen molar-refractivity contribution in [1.29, 1.82) is 0 Å².